The number of benzene rings is 5. The molecule has 1 spiro atoms. The van der Waals surface area contributed by atoms with E-state index >= 15 is 0 Å². The Bertz CT molecular complexity index is 1990. The van der Waals surface area contributed by atoms with Crippen LogP contribution in [-0.4, -0.2) is 9.97 Å². The highest BCUT2D eigenvalue weighted by Crippen LogP contribution is 2.58. The van der Waals surface area contributed by atoms with Gasteiger partial charge in [0.25, 0.3) is 0 Å². The van der Waals surface area contributed by atoms with E-state index in [0.717, 1.165) is 46.5 Å². The Morgan fingerprint density at radius 1 is 0.523 bits per heavy atom. The highest BCUT2D eigenvalue weighted by molar-refractivity contribution is 5.94. The first-order valence-corrected chi connectivity index (χ1v) is 15.5. The van der Waals surface area contributed by atoms with Crippen LogP contribution in [0.5, 0.6) is 0 Å². The minimum Gasteiger partial charge on any atom is -0.228 e. The third-order valence-corrected chi connectivity index (χ3v) is 9.52. The van der Waals surface area contributed by atoms with E-state index in [1.165, 1.54) is 47.1 Å². The van der Waals surface area contributed by atoms with Gasteiger partial charge in [0.05, 0.1) is 23.0 Å². The fourth-order valence-corrected chi connectivity index (χ4v) is 7.47. The summed E-state index contributed by atoms with van der Waals surface area (Å²) in [6.07, 6.45) is 6.08. The first-order chi connectivity index (χ1) is 21.7. The monoisotopic (exact) mass is 565 g/mol. The van der Waals surface area contributed by atoms with Gasteiger partial charge in [-0.3, -0.25) is 0 Å². The Hall–Kier alpha value is -5.33. The molecule has 0 unspecified atom stereocenters. The van der Waals surface area contributed by atoms with Crippen molar-refractivity contribution in [2.45, 2.75) is 37.5 Å². The molecule has 44 heavy (non-hydrogen) atoms. The second-order valence-corrected chi connectivity index (χ2v) is 12.0. The SMILES string of the molecule is N#Cc1ccc2c(c1)-c1c(-c3cccc(-c4cc(-c5ccccc5)nc(-c5ccccc5)n4)c3)cccc1C21CCCCC1. The van der Waals surface area contributed by atoms with Crippen LogP contribution in [0.4, 0.5) is 0 Å². The van der Waals surface area contributed by atoms with E-state index < -0.39 is 0 Å². The van der Waals surface area contributed by atoms with Crippen LogP contribution < -0.4 is 0 Å². The lowest BCUT2D eigenvalue weighted by Gasteiger charge is -2.36. The molecule has 0 bridgehead atoms. The number of rotatable bonds is 4. The zero-order chi connectivity index (χ0) is 29.5. The highest BCUT2D eigenvalue weighted by Gasteiger charge is 2.44. The van der Waals surface area contributed by atoms with Crippen molar-refractivity contribution in [2.75, 3.05) is 0 Å². The van der Waals surface area contributed by atoms with Crippen LogP contribution in [0.15, 0.2) is 127 Å². The molecular formula is C41H31N3. The number of hydrogen-bond acceptors (Lipinski definition) is 3. The fraction of sp³-hybridized carbons (Fsp3) is 0.146. The Kier molecular flexibility index (Phi) is 6.42. The molecule has 0 saturated heterocycles. The molecule has 1 fully saturated rings. The summed E-state index contributed by atoms with van der Waals surface area (Å²) in [6, 6.07) is 46.9. The molecule has 2 aliphatic rings. The van der Waals surface area contributed by atoms with Crippen LogP contribution >= 0.6 is 0 Å². The predicted octanol–water partition coefficient (Wildman–Crippen LogP) is 10.2. The van der Waals surface area contributed by atoms with Gasteiger partial charge in [0, 0.05) is 22.1 Å². The van der Waals surface area contributed by atoms with Crippen molar-refractivity contribution in [1.82, 2.24) is 9.97 Å². The van der Waals surface area contributed by atoms with E-state index in [-0.39, 0.29) is 5.41 Å². The summed E-state index contributed by atoms with van der Waals surface area (Å²) >= 11 is 0. The van der Waals surface area contributed by atoms with E-state index in [0.29, 0.717) is 11.4 Å². The quantitative estimate of drug-likeness (QED) is 0.214. The molecule has 6 aromatic rings. The topological polar surface area (TPSA) is 49.6 Å². The summed E-state index contributed by atoms with van der Waals surface area (Å²) in [5.41, 5.74) is 13.3. The molecule has 2 aliphatic carbocycles. The molecule has 8 rings (SSSR count). The van der Waals surface area contributed by atoms with E-state index in [4.69, 9.17) is 9.97 Å². The summed E-state index contributed by atoms with van der Waals surface area (Å²) in [5, 5.41) is 9.81. The second-order valence-electron chi connectivity index (χ2n) is 12.0. The first-order valence-electron chi connectivity index (χ1n) is 15.5. The van der Waals surface area contributed by atoms with Gasteiger partial charge in [-0.2, -0.15) is 5.26 Å². The molecule has 0 atom stereocenters. The van der Waals surface area contributed by atoms with Gasteiger partial charge < -0.3 is 0 Å². The summed E-state index contributed by atoms with van der Waals surface area (Å²) < 4.78 is 0. The average molecular weight is 566 g/mol. The first kappa shape index (κ1) is 26.3. The van der Waals surface area contributed by atoms with Gasteiger partial charge in [-0.15, -0.1) is 0 Å². The molecule has 3 heteroatoms. The number of nitrogens with zero attached hydrogens (tertiary/aromatic N) is 3. The number of nitriles is 1. The normalized spacial score (nSPS) is 14.5. The zero-order valence-corrected chi connectivity index (χ0v) is 24.5. The summed E-state index contributed by atoms with van der Waals surface area (Å²) in [4.78, 5) is 10.1. The molecule has 1 heterocycles. The minimum atomic E-state index is 0.0341. The Labute approximate surface area is 258 Å². The average Bonchev–Trinajstić information content (AvgIpc) is 3.37. The van der Waals surface area contributed by atoms with Crippen molar-refractivity contribution < 1.29 is 0 Å². The van der Waals surface area contributed by atoms with Crippen molar-refractivity contribution in [3.05, 3.63) is 144 Å². The van der Waals surface area contributed by atoms with Gasteiger partial charge in [0.15, 0.2) is 5.82 Å². The van der Waals surface area contributed by atoms with E-state index in [1.54, 1.807) is 0 Å². The smallest absolute Gasteiger partial charge is 0.160 e. The maximum Gasteiger partial charge on any atom is 0.160 e. The molecular weight excluding hydrogens is 534 g/mol. The van der Waals surface area contributed by atoms with Crippen molar-refractivity contribution in [3.8, 4) is 62.2 Å². The Balaban J connectivity index is 1.30. The van der Waals surface area contributed by atoms with Gasteiger partial charge in [0.2, 0.25) is 0 Å². The highest BCUT2D eigenvalue weighted by atomic mass is 14.9. The molecule has 0 aliphatic heterocycles. The van der Waals surface area contributed by atoms with Gasteiger partial charge in [-0.1, -0.05) is 122 Å². The molecule has 1 saturated carbocycles. The van der Waals surface area contributed by atoms with E-state index in [9.17, 15) is 5.26 Å². The van der Waals surface area contributed by atoms with Gasteiger partial charge in [-0.05, 0) is 70.5 Å². The maximum absolute atomic E-state index is 9.81. The summed E-state index contributed by atoms with van der Waals surface area (Å²) in [7, 11) is 0. The third kappa shape index (κ3) is 4.34. The van der Waals surface area contributed by atoms with Crippen molar-refractivity contribution in [2.24, 2.45) is 0 Å². The summed E-state index contributed by atoms with van der Waals surface area (Å²) in [5.74, 6) is 0.713. The van der Waals surface area contributed by atoms with Crippen LogP contribution in [0.3, 0.4) is 0 Å². The maximum atomic E-state index is 9.81. The number of aromatic nitrogens is 2. The standard InChI is InChI=1S/C41H31N3/c42-27-28-20-21-35-34(24-28)39-33(18-11-19-36(39)41(35)22-8-3-9-23-41)31-16-10-17-32(25-31)38-26-37(29-12-4-1-5-13-29)43-40(44-38)30-14-6-2-7-15-30/h1-2,4-7,10-21,24-26H,3,8-9,22-23H2. The Morgan fingerprint density at radius 3 is 1.93 bits per heavy atom. The molecule has 0 N–H and O–H groups in total. The van der Waals surface area contributed by atoms with Crippen LogP contribution in [0.1, 0.15) is 48.8 Å². The van der Waals surface area contributed by atoms with Crippen molar-refractivity contribution in [3.63, 3.8) is 0 Å². The molecule has 1 aromatic heterocycles. The molecule has 5 aromatic carbocycles. The summed E-state index contributed by atoms with van der Waals surface area (Å²) in [6.45, 7) is 0. The lowest BCUT2D eigenvalue weighted by Crippen LogP contribution is -2.28. The van der Waals surface area contributed by atoms with Crippen LogP contribution in [0.25, 0.3) is 56.2 Å². The van der Waals surface area contributed by atoms with Gasteiger partial charge in [0.1, 0.15) is 0 Å². The van der Waals surface area contributed by atoms with Crippen molar-refractivity contribution >= 4 is 0 Å². The molecule has 0 amide bonds. The fourth-order valence-electron chi connectivity index (χ4n) is 7.47. The number of hydrogen-bond donors (Lipinski definition) is 0. The molecule has 210 valence electrons. The largest absolute Gasteiger partial charge is 0.228 e. The second kappa shape index (κ2) is 10.7. The Morgan fingerprint density at radius 2 is 1.18 bits per heavy atom. The predicted molar refractivity (Wildman–Crippen MR) is 178 cm³/mol. The molecule has 0 radical (unpaired) electrons. The third-order valence-electron chi connectivity index (χ3n) is 9.52. The van der Waals surface area contributed by atoms with Crippen LogP contribution in [-0.2, 0) is 5.41 Å². The number of fused-ring (bicyclic) bond motifs is 5. The van der Waals surface area contributed by atoms with Gasteiger partial charge in [-0.25, -0.2) is 9.97 Å². The van der Waals surface area contributed by atoms with Crippen LogP contribution in [0, 0.1) is 11.3 Å². The van der Waals surface area contributed by atoms with Crippen molar-refractivity contribution in [1.29, 1.82) is 5.26 Å². The lowest BCUT2D eigenvalue weighted by molar-refractivity contribution is 0.353. The lowest BCUT2D eigenvalue weighted by atomic mass is 9.67. The van der Waals surface area contributed by atoms with E-state index in [1.807, 2.05) is 42.5 Å². The zero-order valence-electron chi connectivity index (χ0n) is 24.5. The molecule has 3 nitrogen and oxygen atoms in total. The van der Waals surface area contributed by atoms with Crippen LogP contribution in [0.2, 0.25) is 0 Å². The van der Waals surface area contributed by atoms with E-state index in [2.05, 4.69) is 91.0 Å². The van der Waals surface area contributed by atoms with Gasteiger partial charge >= 0.3 is 0 Å². The minimum absolute atomic E-state index is 0.0341.